The van der Waals surface area contributed by atoms with Gasteiger partial charge in [-0.1, -0.05) is 12.1 Å². The van der Waals surface area contributed by atoms with Crippen molar-refractivity contribution in [1.29, 1.82) is 0 Å². The van der Waals surface area contributed by atoms with Crippen LogP contribution in [0.2, 0.25) is 0 Å². The molecule has 0 bridgehead atoms. The first-order valence-corrected chi connectivity index (χ1v) is 9.70. The van der Waals surface area contributed by atoms with E-state index in [-0.39, 0.29) is 29.9 Å². The first kappa shape index (κ1) is 23.1. The number of hydrogen-bond acceptors (Lipinski definition) is 4. The van der Waals surface area contributed by atoms with Crippen molar-refractivity contribution in [3.05, 3.63) is 54.0 Å². The number of amides is 1. The molecule has 1 aromatic heterocycles. The van der Waals surface area contributed by atoms with Crippen molar-refractivity contribution in [3.63, 3.8) is 0 Å². The number of nitrogens with one attached hydrogen (secondary N) is 2. The molecule has 8 heteroatoms. The fraction of sp³-hybridized carbons (Fsp3) is 0.429. The van der Waals surface area contributed by atoms with Gasteiger partial charge in [-0.25, -0.2) is 0 Å². The maximum atomic E-state index is 11.9. The second-order valence-electron chi connectivity index (χ2n) is 6.67. The molecule has 2 heterocycles. The third-order valence-corrected chi connectivity index (χ3v) is 4.81. The number of benzene rings is 1. The Labute approximate surface area is 188 Å². The molecule has 158 valence electrons. The Bertz CT molecular complexity index is 778. The van der Waals surface area contributed by atoms with Gasteiger partial charge in [0, 0.05) is 32.1 Å². The molecule has 3 rings (SSSR count). The van der Waals surface area contributed by atoms with Crippen molar-refractivity contribution < 1.29 is 13.9 Å². The number of methoxy groups -OCH3 is 1. The van der Waals surface area contributed by atoms with Gasteiger partial charge < -0.3 is 24.7 Å². The maximum Gasteiger partial charge on any atom is 0.287 e. The smallest absolute Gasteiger partial charge is 0.287 e. The Balaban J connectivity index is 0.00000300. The van der Waals surface area contributed by atoms with Gasteiger partial charge in [-0.2, -0.15) is 0 Å². The summed E-state index contributed by atoms with van der Waals surface area (Å²) in [5, 5.41) is 6.18. The molecule has 1 fully saturated rings. The van der Waals surface area contributed by atoms with E-state index in [0.29, 0.717) is 24.8 Å². The number of hydrogen-bond donors (Lipinski definition) is 2. The lowest BCUT2D eigenvalue weighted by molar-refractivity contribution is 0.0927. The Morgan fingerprint density at radius 3 is 2.72 bits per heavy atom. The molecule has 1 saturated heterocycles. The van der Waals surface area contributed by atoms with Crippen molar-refractivity contribution >= 4 is 35.8 Å². The average Bonchev–Trinajstić information content (AvgIpc) is 3.42. The first-order valence-electron chi connectivity index (χ1n) is 9.70. The van der Waals surface area contributed by atoms with E-state index in [2.05, 4.69) is 39.6 Å². The Hall–Kier alpha value is -2.23. The first-order chi connectivity index (χ1) is 13.7. The molecule has 1 atom stereocenters. The minimum atomic E-state index is -0.217. The van der Waals surface area contributed by atoms with Crippen LogP contribution in [-0.4, -0.2) is 56.6 Å². The van der Waals surface area contributed by atoms with Gasteiger partial charge >= 0.3 is 0 Å². The number of nitrogens with zero attached hydrogens (tertiary/aromatic N) is 2. The molecule has 0 spiro atoms. The van der Waals surface area contributed by atoms with Crippen LogP contribution < -0.4 is 15.4 Å². The maximum absolute atomic E-state index is 11.9. The standard InChI is InChI=1S/C21H28N4O3.HI/c1-3-22-21(24-12-11-23-20(26)19-5-4-14-28-19)25-13-10-17(15-25)16-6-8-18(27-2)9-7-16;/h4-9,14,17H,3,10-13,15H2,1-2H3,(H,22,24)(H,23,26);1H. The van der Waals surface area contributed by atoms with E-state index >= 15 is 0 Å². The predicted molar refractivity (Wildman–Crippen MR) is 124 cm³/mol. The Kier molecular flexibility index (Phi) is 9.30. The lowest BCUT2D eigenvalue weighted by Gasteiger charge is -2.22. The van der Waals surface area contributed by atoms with Crippen LogP contribution in [0.1, 0.15) is 35.4 Å². The predicted octanol–water partition coefficient (Wildman–Crippen LogP) is 3.09. The van der Waals surface area contributed by atoms with Gasteiger partial charge in [0.05, 0.1) is 19.9 Å². The Morgan fingerprint density at radius 1 is 1.28 bits per heavy atom. The molecule has 1 unspecified atom stereocenters. The second-order valence-corrected chi connectivity index (χ2v) is 6.67. The highest BCUT2D eigenvalue weighted by Gasteiger charge is 2.26. The van der Waals surface area contributed by atoms with Crippen molar-refractivity contribution in [1.82, 2.24) is 15.5 Å². The summed E-state index contributed by atoms with van der Waals surface area (Å²) in [7, 11) is 1.68. The highest BCUT2D eigenvalue weighted by Crippen LogP contribution is 2.28. The number of furan rings is 1. The van der Waals surface area contributed by atoms with Crippen molar-refractivity contribution in [2.24, 2.45) is 4.99 Å². The van der Waals surface area contributed by atoms with Gasteiger partial charge in [-0.3, -0.25) is 9.79 Å². The third-order valence-electron chi connectivity index (χ3n) is 4.81. The number of halogens is 1. The summed E-state index contributed by atoms with van der Waals surface area (Å²) in [6.45, 7) is 5.73. The van der Waals surface area contributed by atoms with Crippen molar-refractivity contribution in [2.45, 2.75) is 19.3 Å². The molecule has 2 N–H and O–H groups in total. The summed E-state index contributed by atoms with van der Waals surface area (Å²) in [4.78, 5) is 18.8. The van der Waals surface area contributed by atoms with E-state index in [1.165, 1.54) is 11.8 Å². The van der Waals surface area contributed by atoms with Crippen LogP contribution in [0.4, 0.5) is 0 Å². The second kappa shape index (κ2) is 11.7. The molecule has 2 aromatic rings. The molecule has 0 radical (unpaired) electrons. The number of guanidine groups is 1. The molecule has 1 amide bonds. The van der Waals surface area contributed by atoms with Crippen LogP contribution in [0, 0.1) is 0 Å². The number of carbonyl (C=O) groups excluding carboxylic acids is 1. The quantitative estimate of drug-likeness (QED) is 0.258. The van der Waals surface area contributed by atoms with Crippen LogP contribution >= 0.6 is 24.0 Å². The fourth-order valence-electron chi connectivity index (χ4n) is 3.35. The Morgan fingerprint density at radius 2 is 2.07 bits per heavy atom. The average molecular weight is 512 g/mol. The van der Waals surface area contributed by atoms with Gasteiger partial charge in [0.2, 0.25) is 0 Å². The minimum absolute atomic E-state index is 0. The molecule has 1 aliphatic heterocycles. The van der Waals surface area contributed by atoms with Crippen LogP contribution in [-0.2, 0) is 0 Å². The fourth-order valence-corrected chi connectivity index (χ4v) is 3.35. The summed E-state index contributed by atoms with van der Waals surface area (Å²) in [6, 6.07) is 11.6. The van der Waals surface area contributed by atoms with E-state index < -0.39 is 0 Å². The third kappa shape index (κ3) is 6.38. The monoisotopic (exact) mass is 512 g/mol. The zero-order chi connectivity index (χ0) is 19.8. The highest BCUT2D eigenvalue weighted by atomic mass is 127. The van der Waals surface area contributed by atoms with Gasteiger partial charge in [0.25, 0.3) is 5.91 Å². The van der Waals surface area contributed by atoms with Crippen molar-refractivity contribution in [2.75, 3.05) is 39.8 Å². The molecule has 1 aliphatic rings. The zero-order valence-electron chi connectivity index (χ0n) is 16.9. The van der Waals surface area contributed by atoms with E-state index in [0.717, 1.165) is 37.8 Å². The van der Waals surface area contributed by atoms with Gasteiger partial charge in [0.15, 0.2) is 11.7 Å². The lowest BCUT2D eigenvalue weighted by atomic mass is 9.98. The summed E-state index contributed by atoms with van der Waals surface area (Å²) in [5.74, 6) is 2.35. The molecular weight excluding hydrogens is 483 g/mol. The van der Waals surface area contributed by atoms with E-state index in [1.807, 2.05) is 12.1 Å². The number of ether oxygens (including phenoxy) is 1. The number of likely N-dealkylation sites (tertiary alicyclic amines) is 1. The van der Waals surface area contributed by atoms with Gasteiger partial charge in [-0.05, 0) is 43.2 Å². The normalized spacial score (nSPS) is 16.3. The van der Waals surface area contributed by atoms with Crippen molar-refractivity contribution in [3.8, 4) is 5.75 Å². The van der Waals surface area contributed by atoms with E-state index in [4.69, 9.17) is 9.15 Å². The van der Waals surface area contributed by atoms with Crippen LogP contribution in [0.25, 0.3) is 0 Å². The zero-order valence-corrected chi connectivity index (χ0v) is 19.2. The van der Waals surface area contributed by atoms with E-state index in [9.17, 15) is 4.79 Å². The summed E-state index contributed by atoms with van der Waals surface area (Å²) >= 11 is 0. The molecule has 0 saturated carbocycles. The molecule has 0 aliphatic carbocycles. The van der Waals surface area contributed by atoms with Crippen LogP contribution in [0.3, 0.4) is 0 Å². The molecule has 7 nitrogen and oxygen atoms in total. The summed E-state index contributed by atoms with van der Waals surface area (Å²) in [5.41, 5.74) is 1.32. The number of rotatable bonds is 7. The van der Waals surface area contributed by atoms with Gasteiger partial charge in [-0.15, -0.1) is 24.0 Å². The van der Waals surface area contributed by atoms with Crippen LogP contribution in [0.5, 0.6) is 5.75 Å². The number of aliphatic imine (C=N–C) groups is 1. The summed E-state index contributed by atoms with van der Waals surface area (Å²) < 4.78 is 10.3. The largest absolute Gasteiger partial charge is 0.497 e. The SMILES string of the molecule is CCNC(=NCCNC(=O)c1ccco1)N1CCC(c2ccc(OC)cc2)C1.I. The van der Waals surface area contributed by atoms with Crippen LogP contribution in [0.15, 0.2) is 52.1 Å². The van der Waals surface area contributed by atoms with E-state index in [1.54, 1.807) is 19.2 Å². The minimum Gasteiger partial charge on any atom is -0.497 e. The highest BCUT2D eigenvalue weighted by molar-refractivity contribution is 14.0. The number of carbonyl (C=O) groups is 1. The molecule has 29 heavy (non-hydrogen) atoms. The molecular formula is C21H29IN4O3. The van der Waals surface area contributed by atoms with Gasteiger partial charge in [0.1, 0.15) is 5.75 Å². The summed E-state index contributed by atoms with van der Waals surface area (Å²) in [6.07, 6.45) is 2.58. The topological polar surface area (TPSA) is 79.1 Å². The lowest BCUT2D eigenvalue weighted by Crippen LogP contribution is -2.40. The molecule has 1 aromatic carbocycles.